The van der Waals surface area contributed by atoms with Gasteiger partial charge >= 0.3 is 11.9 Å². The molecule has 3 rings (SSSR count). The molecule has 0 unspecified atom stereocenters. The van der Waals surface area contributed by atoms with Gasteiger partial charge in [-0.25, -0.2) is 14.6 Å². The van der Waals surface area contributed by atoms with Crippen LogP contribution in [-0.2, 0) is 14.3 Å². The van der Waals surface area contributed by atoms with E-state index >= 15 is 0 Å². The molecule has 0 aromatic heterocycles. The van der Waals surface area contributed by atoms with Crippen LogP contribution in [0.5, 0.6) is 0 Å². The van der Waals surface area contributed by atoms with E-state index in [0.717, 1.165) is 11.8 Å². The number of aliphatic imine (C=N–C) groups is 1. The first-order valence-corrected chi connectivity index (χ1v) is 10.0. The molecule has 2 amide bonds. The van der Waals surface area contributed by atoms with Crippen LogP contribution in [0.3, 0.4) is 0 Å². The summed E-state index contributed by atoms with van der Waals surface area (Å²) in [5.74, 6) is -2.28. The van der Waals surface area contributed by atoms with Crippen molar-refractivity contribution in [1.82, 2.24) is 4.90 Å². The molecule has 0 saturated carbocycles. The van der Waals surface area contributed by atoms with E-state index < -0.39 is 23.1 Å². The number of benzene rings is 2. The predicted molar refractivity (Wildman–Crippen MR) is 116 cm³/mol. The molecular formula is C21H19N3O6S. The second-order valence-corrected chi connectivity index (χ2v) is 7.74. The number of carbonyl (C=O) groups is 4. The molecule has 1 saturated heterocycles. The van der Waals surface area contributed by atoms with E-state index in [1.54, 1.807) is 37.4 Å². The van der Waals surface area contributed by atoms with Crippen LogP contribution in [0, 0.1) is 0 Å². The molecular weight excluding hydrogens is 422 g/mol. The standard InChI is InChI=1S/C21H19N3O6S/c1-24-17(25)11-16(18(26)22-15-5-3-4-13(10-15)19(27)28)31-21(24)23-14-8-6-12(7-9-14)20(29)30-2/h3-10,16H,11H2,1-2H3,(H,22,26)(H,27,28)/t16-/m0/s1. The van der Waals surface area contributed by atoms with Crippen LogP contribution in [-0.4, -0.2) is 58.3 Å². The van der Waals surface area contributed by atoms with Gasteiger partial charge in [0.2, 0.25) is 11.8 Å². The smallest absolute Gasteiger partial charge is 0.337 e. The lowest BCUT2D eigenvalue weighted by Crippen LogP contribution is -2.43. The Morgan fingerprint density at radius 1 is 1.16 bits per heavy atom. The van der Waals surface area contributed by atoms with Gasteiger partial charge in [0.05, 0.1) is 23.9 Å². The third-order valence-corrected chi connectivity index (χ3v) is 5.69. The number of nitrogens with one attached hydrogen (secondary N) is 1. The van der Waals surface area contributed by atoms with Crippen LogP contribution in [0.1, 0.15) is 27.1 Å². The van der Waals surface area contributed by atoms with Crippen LogP contribution in [0.25, 0.3) is 0 Å². The highest BCUT2D eigenvalue weighted by Crippen LogP contribution is 2.29. The Balaban J connectivity index is 1.76. The lowest BCUT2D eigenvalue weighted by atomic mass is 10.2. The van der Waals surface area contributed by atoms with Gasteiger partial charge in [-0.15, -0.1) is 0 Å². The molecule has 9 nitrogen and oxygen atoms in total. The molecule has 2 N–H and O–H groups in total. The Morgan fingerprint density at radius 3 is 2.52 bits per heavy atom. The third kappa shape index (κ3) is 5.28. The van der Waals surface area contributed by atoms with Crippen molar-refractivity contribution in [3.63, 3.8) is 0 Å². The van der Waals surface area contributed by atoms with E-state index in [2.05, 4.69) is 15.0 Å². The first kappa shape index (κ1) is 22.0. The molecule has 0 aliphatic carbocycles. The largest absolute Gasteiger partial charge is 0.478 e. The van der Waals surface area contributed by atoms with Crippen molar-refractivity contribution in [2.45, 2.75) is 11.7 Å². The van der Waals surface area contributed by atoms with Crippen molar-refractivity contribution < 1.29 is 29.0 Å². The molecule has 0 radical (unpaired) electrons. The number of methoxy groups -OCH3 is 1. The number of amidine groups is 1. The number of ether oxygens (including phenoxy) is 1. The zero-order valence-electron chi connectivity index (χ0n) is 16.7. The van der Waals surface area contributed by atoms with Crippen molar-refractivity contribution in [1.29, 1.82) is 0 Å². The summed E-state index contributed by atoms with van der Waals surface area (Å²) >= 11 is 1.13. The minimum absolute atomic E-state index is 0.0219. The second kappa shape index (κ2) is 9.43. The summed E-state index contributed by atoms with van der Waals surface area (Å²) in [4.78, 5) is 53.5. The number of rotatable bonds is 5. The lowest BCUT2D eigenvalue weighted by Gasteiger charge is -2.28. The number of esters is 1. The summed E-state index contributed by atoms with van der Waals surface area (Å²) in [6, 6.07) is 12.2. The molecule has 1 fully saturated rings. The van der Waals surface area contributed by atoms with Crippen LogP contribution in [0.2, 0.25) is 0 Å². The molecule has 1 heterocycles. The second-order valence-electron chi connectivity index (χ2n) is 6.57. The fourth-order valence-corrected chi connectivity index (χ4v) is 3.82. The molecule has 1 aliphatic rings. The lowest BCUT2D eigenvalue weighted by molar-refractivity contribution is -0.128. The topological polar surface area (TPSA) is 125 Å². The quantitative estimate of drug-likeness (QED) is 0.684. The highest BCUT2D eigenvalue weighted by Gasteiger charge is 2.34. The van der Waals surface area contributed by atoms with E-state index in [9.17, 15) is 19.2 Å². The van der Waals surface area contributed by atoms with Gasteiger partial charge in [-0.05, 0) is 42.5 Å². The highest BCUT2D eigenvalue weighted by atomic mass is 32.2. The summed E-state index contributed by atoms with van der Waals surface area (Å²) in [5.41, 5.74) is 1.24. The van der Waals surface area contributed by atoms with Gasteiger partial charge < -0.3 is 15.2 Å². The molecule has 2 aromatic carbocycles. The van der Waals surface area contributed by atoms with Gasteiger partial charge in [-0.3, -0.25) is 14.5 Å². The molecule has 160 valence electrons. The van der Waals surface area contributed by atoms with Gasteiger partial charge in [0.15, 0.2) is 5.17 Å². The number of thioether (sulfide) groups is 1. The normalized spacial score (nSPS) is 17.4. The molecule has 0 bridgehead atoms. The Bertz CT molecular complexity index is 1070. The summed E-state index contributed by atoms with van der Waals surface area (Å²) in [7, 11) is 2.86. The van der Waals surface area contributed by atoms with Gasteiger partial charge in [0.25, 0.3) is 0 Å². The van der Waals surface area contributed by atoms with Crippen LogP contribution < -0.4 is 5.32 Å². The SMILES string of the molecule is COC(=O)c1ccc(N=C2S[C@H](C(=O)Nc3cccc(C(=O)O)c3)CC(=O)N2C)cc1. The number of carboxylic acid groups (broad SMARTS) is 1. The maximum Gasteiger partial charge on any atom is 0.337 e. The Morgan fingerprint density at radius 2 is 1.87 bits per heavy atom. The van der Waals surface area contributed by atoms with E-state index in [1.165, 1.54) is 30.2 Å². The number of carboxylic acids is 1. The van der Waals surface area contributed by atoms with Crippen LogP contribution in [0.15, 0.2) is 53.5 Å². The first-order valence-electron chi connectivity index (χ1n) is 9.13. The summed E-state index contributed by atoms with van der Waals surface area (Å²) < 4.78 is 4.66. The molecule has 2 aromatic rings. The van der Waals surface area contributed by atoms with E-state index in [4.69, 9.17) is 5.11 Å². The average molecular weight is 441 g/mol. The average Bonchev–Trinajstić information content (AvgIpc) is 2.76. The van der Waals surface area contributed by atoms with Crippen LogP contribution in [0.4, 0.5) is 11.4 Å². The summed E-state index contributed by atoms with van der Waals surface area (Å²) in [6.45, 7) is 0. The van der Waals surface area contributed by atoms with Crippen molar-refractivity contribution >= 4 is 52.1 Å². The number of amides is 2. The zero-order chi connectivity index (χ0) is 22.5. The Kier molecular flexibility index (Phi) is 6.71. The molecule has 0 spiro atoms. The molecule has 1 atom stereocenters. The number of aromatic carboxylic acids is 1. The highest BCUT2D eigenvalue weighted by molar-refractivity contribution is 8.15. The number of anilines is 1. The first-order chi connectivity index (χ1) is 14.8. The summed E-state index contributed by atoms with van der Waals surface area (Å²) in [5, 5.41) is 11.3. The maximum atomic E-state index is 12.7. The monoisotopic (exact) mass is 441 g/mol. The van der Waals surface area contributed by atoms with E-state index in [-0.39, 0.29) is 17.9 Å². The third-order valence-electron chi connectivity index (χ3n) is 4.45. The zero-order valence-corrected chi connectivity index (χ0v) is 17.5. The Hall–Kier alpha value is -3.66. The van der Waals surface area contributed by atoms with Crippen LogP contribution >= 0.6 is 11.8 Å². The number of carbonyl (C=O) groups excluding carboxylic acids is 3. The predicted octanol–water partition coefficient (Wildman–Crippen LogP) is 2.76. The maximum absolute atomic E-state index is 12.7. The van der Waals surface area contributed by atoms with Gasteiger partial charge in [0, 0.05) is 19.2 Å². The van der Waals surface area contributed by atoms with Gasteiger partial charge in [-0.2, -0.15) is 0 Å². The van der Waals surface area contributed by atoms with Gasteiger partial charge in [-0.1, -0.05) is 17.8 Å². The van der Waals surface area contributed by atoms with Crippen molar-refractivity contribution in [2.24, 2.45) is 4.99 Å². The van der Waals surface area contributed by atoms with Crippen molar-refractivity contribution in [3.05, 3.63) is 59.7 Å². The van der Waals surface area contributed by atoms with Gasteiger partial charge in [0.1, 0.15) is 5.25 Å². The number of hydrogen-bond donors (Lipinski definition) is 2. The summed E-state index contributed by atoms with van der Waals surface area (Å²) in [6.07, 6.45) is -0.0219. The number of hydrogen-bond acceptors (Lipinski definition) is 7. The van der Waals surface area contributed by atoms with Crippen molar-refractivity contribution in [3.8, 4) is 0 Å². The van der Waals surface area contributed by atoms with Crippen molar-refractivity contribution in [2.75, 3.05) is 19.5 Å². The Labute approximate surface area is 182 Å². The molecule has 1 aliphatic heterocycles. The minimum Gasteiger partial charge on any atom is -0.478 e. The van der Waals surface area contributed by atoms with E-state index in [0.29, 0.717) is 22.1 Å². The molecule has 10 heteroatoms. The fraction of sp³-hybridized carbons (Fsp3) is 0.190. The number of nitrogens with zero attached hydrogens (tertiary/aromatic N) is 2. The van der Waals surface area contributed by atoms with E-state index in [1.807, 2.05) is 0 Å². The fourth-order valence-electron chi connectivity index (χ4n) is 2.75. The molecule has 31 heavy (non-hydrogen) atoms. The minimum atomic E-state index is -1.10.